The zero-order chi connectivity index (χ0) is 20.2. The number of aromatic amines is 1. The van der Waals surface area contributed by atoms with Crippen molar-refractivity contribution in [2.45, 2.75) is 6.54 Å². The number of carbonyl (C=O) groups is 1. The summed E-state index contributed by atoms with van der Waals surface area (Å²) in [5.74, 6) is -0.427. The van der Waals surface area contributed by atoms with E-state index in [1.165, 1.54) is 12.1 Å². The van der Waals surface area contributed by atoms with Gasteiger partial charge in [-0.25, -0.2) is 5.43 Å². The van der Waals surface area contributed by atoms with Gasteiger partial charge >= 0.3 is 0 Å². The largest absolute Gasteiger partial charge is 0.361 e. The topological polar surface area (TPSA) is 118 Å². The van der Waals surface area contributed by atoms with Crippen LogP contribution in [-0.4, -0.2) is 31.8 Å². The summed E-state index contributed by atoms with van der Waals surface area (Å²) >= 11 is 0. The maximum absolute atomic E-state index is 12.2. The van der Waals surface area contributed by atoms with Crippen LogP contribution in [0.4, 0.5) is 5.69 Å². The van der Waals surface area contributed by atoms with Crippen molar-refractivity contribution in [2.75, 3.05) is 0 Å². The lowest BCUT2D eigenvalue weighted by molar-refractivity contribution is -0.384. The van der Waals surface area contributed by atoms with Gasteiger partial charge in [-0.1, -0.05) is 30.3 Å². The lowest BCUT2D eigenvalue weighted by Crippen LogP contribution is -2.18. The minimum Gasteiger partial charge on any atom is -0.361 e. The van der Waals surface area contributed by atoms with Crippen molar-refractivity contribution in [2.24, 2.45) is 5.10 Å². The number of fused-ring (bicyclic) bond motifs is 1. The molecule has 0 fully saturated rings. The molecule has 0 atom stereocenters. The van der Waals surface area contributed by atoms with E-state index in [9.17, 15) is 14.9 Å². The number of hydrazone groups is 1. The zero-order valence-corrected chi connectivity index (χ0v) is 15.1. The molecule has 2 heterocycles. The average Bonchev–Trinajstić information content (AvgIpc) is 3.36. The fourth-order valence-electron chi connectivity index (χ4n) is 2.90. The number of nitrogens with one attached hydrogen (secondary N) is 2. The molecular weight excluding hydrogens is 372 g/mol. The number of aromatic nitrogens is 3. The average molecular weight is 388 g/mol. The van der Waals surface area contributed by atoms with Gasteiger partial charge in [-0.05, 0) is 17.7 Å². The number of nitrogens with zero attached hydrogens (tertiary/aromatic N) is 4. The zero-order valence-electron chi connectivity index (χ0n) is 15.1. The van der Waals surface area contributed by atoms with Crippen LogP contribution in [-0.2, 0) is 6.54 Å². The molecule has 9 nitrogen and oxygen atoms in total. The second-order valence-corrected chi connectivity index (χ2v) is 6.31. The van der Waals surface area contributed by atoms with Crippen molar-refractivity contribution in [3.8, 4) is 0 Å². The van der Waals surface area contributed by atoms with Gasteiger partial charge in [0.25, 0.3) is 11.6 Å². The number of hydrogen-bond acceptors (Lipinski definition) is 5. The van der Waals surface area contributed by atoms with Crippen molar-refractivity contribution in [1.82, 2.24) is 20.2 Å². The lowest BCUT2D eigenvalue weighted by atomic mass is 10.2. The summed E-state index contributed by atoms with van der Waals surface area (Å²) in [7, 11) is 0. The van der Waals surface area contributed by atoms with E-state index in [0.29, 0.717) is 6.54 Å². The lowest BCUT2D eigenvalue weighted by Gasteiger charge is -2.01. The summed E-state index contributed by atoms with van der Waals surface area (Å²) in [5, 5.41) is 19.9. The van der Waals surface area contributed by atoms with E-state index >= 15 is 0 Å². The molecule has 0 bridgehead atoms. The van der Waals surface area contributed by atoms with E-state index in [1.54, 1.807) is 35.3 Å². The van der Waals surface area contributed by atoms with E-state index in [0.717, 1.165) is 22.0 Å². The molecule has 0 aliphatic heterocycles. The predicted octanol–water partition coefficient (Wildman–Crippen LogP) is 3.08. The highest BCUT2D eigenvalue weighted by molar-refractivity contribution is 5.99. The van der Waals surface area contributed by atoms with Crippen LogP contribution in [0.15, 0.2) is 72.1 Å². The molecule has 2 N–H and O–H groups in total. The van der Waals surface area contributed by atoms with Crippen LogP contribution in [0.3, 0.4) is 0 Å². The molecule has 0 saturated carbocycles. The third-order valence-corrected chi connectivity index (χ3v) is 4.36. The van der Waals surface area contributed by atoms with E-state index in [2.05, 4.69) is 20.6 Å². The van der Waals surface area contributed by atoms with E-state index < -0.39 is 10.8 Å². The summed E-state index contributed by atoms with van der Waals surface area (Å²) in [6, 6.07) is 15.6. The molecule has 0 aliphatic carbocycles. The number of amides is 1. The summed E-state index contributed by atoms with van der Waals surface area (Å²) in [6.07, 6.45) is 5.06. The first-order valence-electron chi connectivity index (χ1n) is 8.76. The number of H-pyrrole nitrogens is 1. The van der Waals surface area contributed by atoms with Gasteiger partial charge in [-0.3, -0.25) is 19.6 Å². The first-order valence-corrected chi connectivity index (χ1v) is 8.76. The normalized spacial score (nSPS) is 11.2. The number of para-hydroxylation sites is 1. The van der Waals surface area contributed by atoms with Crippen LogP contribution in [0.1, 0.15) is 21.6 Å². The third kappa shape index (κ3) is 4.03. The van der Waals surface area contributed by atoms with Gasteiger partial charge < -0.3 is 4.98 Å². The highest BCUT2D eigenvalue weighted by Crippen LogP contribution is 2.15. The molecule has 29 heavy (non-hydrogen) atoms. The van der Waals surface area contributed by atoms with Gasteiger partial charge in [0.1, 0.15) is 0 Å². The van der Waals surface area contributed by atoms with Crippen molar-refractivity contribution in [3.05, 3.63) is 93.9 Å². The molecule has 2 aromatic heterocycles. The van der Waals surface area contributed by atoms with Gasteiger partial charge in [-0.2, -0.15) is 10.2 Å². The molecule has 0 aliphatic rings. The second kappa shape index (κ2) is 7.77. The molecule has 0 spiro atoms. The summed E-state index contributed by atoms with van der Waals surface area (Å²) in [6.45, 7) is 0.393. The Balaban J connectivity index is 1.38. The Labute approximate surface area is 164 Å². The molecule has 144 valence electrons. The first-order chi connectivity index (χ1) is 14.1. The van der Waals surface area contributed by atoms with Gasteiger partial charge in [0.15, 0.2) is 5.69 Å². The van der Waals surface area contributed by atoms with Gasteiger partial charge in [0, 0.05) is 41.0 Å². The molecule has 0 unspecified atom stereocenters. The quantitative estimate of drug-likeness (QED) is 0.300. The first kappa shape index (κ1) is 18.1. The molecule has 2 aromatic carbocycles. The minimum absolute atomic E-state index is 0.0299. The number of nitro groups is 1. The van der Waals surface area contributed by atoms with E-state index in [1.807, 2.05) is 30.5 Å². The predicted molar refractivity (Wildman–Crippen MR) is 108 cm³/mol. The van der Waals surface area contributed by atoms with E-state index in [4.69, 9.17) is 0 Å². The van der Waals surface area contributed by atoms with Gasteiger partial charge in [0.2, 0.25) is 0 Å². The van der Waals surface area contributed by atoms with Gasteiger partial charge in [0.05, 0.1) is 17.7 Å². The SMILES string of the molecule is O=C(NN=Cc1c[nH]c2ccccc12)c1ccn(Cc2ccc([N+](=O)[O-])cc2)n1. The number of non-ortho nitro benzene ring substituents is 1. The maximum atomic E-state index is 12.2. The number of hydrogen-bond donors (Lipinski definition) is 2. The smallest absolute Gasteiger partial charge is 0.291 e. The van der Waals surface area contributed by atoms with E-state index in [-0.39, 0.29) is 11.4 Å². The van der Waals surface area contributed by atoms with Crippen LogP contribution in [0.2, 0.25) is 0 Å². The standard InChI is InChI=1S/C20H16N6O3/c27-20(23-22-12-15-11-21-18-4-2-1-3-17(15)18)19-9-10-25(24-19)13-14-5-7-16(8-6-14)26(28)29/h1-12,21H,13H2,(H,23,27). The van der Waals surface area contributed by atoms with Crippen LogP contribution in [0.25, 0.3) is 10.9 Å². The number of benzene rings is 2. The molecule has 9 heteroatoms. The maximum Gasteiger partial charge on any atom is 0.291 e. The Kier molecular flexibility index (Phi) is 4.85. The molecule has 1 amide bonds. The number of rotatable bonds is 6. The number of nitro benzene ring substituents is 1. The molecule has 4 rings (SSSR count). The van der Waals surface area contributed by atoms with Crippen molar-refractivity contribution in [3.63, 3.8) is 0 Å². The summed E-state index contributed by atoms with van der Waals surface area (Å²) < 4.78 is 1.58. The Hall–Kier alpha value is -4.27. The Morgan fingerprint density at radius 3 is 2.79 bits per heavy atom. The fourth-order valence-corrected chi connectivity index (χ4v) is 2.90. The Morgan fingerprint density at radius 2 is 2.00 bits per heavy atom. The van der Waals surface area contributed by atoms with Crippen LogP contribution >= 0.6 is 0 Å². The molecule has 0 radical (unpaired) electrons. The van der Waals surface area contributed by atoms with Crippen LogP contribution in [0.5, 0.6) is 0 Å². The third-order valence-electron chi connectivity index (χ3n) is 4.36. The molecule has 4 aromatic rings. The van der Waals surface area contributed by atoms with Crippen molar-refractivity contribution < 1.29 is 9.72 Å². The minimum atomic E-state index is -0.447. The highest BCUT2D eigenvalue weighted by Gasteiger charge is 2.10. The van der Waals surface area contributed by atoms with Crippen molar-refractivity contribution >= 4 is 28.7 Å². The summed E-state index contributed by atoms with van der Waals surface area (Å²) in [5.41, 5.74) is 5.41. The second-order valence-electron chi connectivity index (χ2n) is 6.31. The molecule has 0 saturated heterocycles. The van der Waals surface area contributed by atoms with Crippen LogP contribution in [0, 0.1) is 10.1 Å². The van der Waals surface area contributed by atoms with Crippen LogP contribution < -0.4 is 5.43 Å². The Morgan fingerprint density at radius 1 is 1.21 bits per heavy atom. The monoisotopic (exact) mass is 388 g/mol. The van der Waals surface area contributed by atoms with Crippen molar-refractivity contribution in [1.29, 1.82) is 0 Å². The Bertz CT molecular complexity index is 1210. The fraction of sp³-hybridized carbons (Fsp3) is 0.0500. The van der Waals surface area contributed by atoms with Gasteiger partial charge in [-0.15, -0.1) is 0 Å². The number of carbonyl (C=O) groups excluding carboxylic acids is 1. The highest BCUT2D eigenvalue weighted by atomic mass is 16.6. The molecular formula is C20H16N6O3. The summed E-state index contributed by atoms with van der Waals surface area (Å²) in [4.78, 5) is 25.6.